The van der Waals surface area contributed by atoms with E-state index in [0.717, 1.165) is 103 Å². The van der Waals surface area contributed by atoms with Crippen LogP contribution in [-0.2, 0) is 35.0 Å². The van der Waals surface area contributed by atoms with Gasteiger partial charge in [-0.15, -0.1) is 0 Å². The Morgan fingerprint density at radius 3 is 1.91 bits per heavy atom. The number of aliphatic hydroxyl groups excluding tert-OH is 1. The Kier molecular flexibility index (Phi) is 27.6. The number of aromatic hydroxyl groups is 1. The highest BCUT2D eigenvalue weighted by atomic mass is 16.6. The highest BCUT2D eigenvalue weighted by molar-refractivity contribution is 5.70. The largest absolute Gasteiger partial charge is 0.508 e. The van der Waals surface area contributed by atoms with Crippen molar-refractivity contribution in [1.29, 1.82) is 0 Å². The summed E-state index contributed by atoms with van der Waals surface area (Å²) >= 11 is 0. The van der Waals surface area contributed by atoms with Gasteiger partial charge in [0.1, 0.15) is 18.0 Å². The molecule has 5 unspecified atom stereocenters. The number of hydrogen-bond acceptors (Lipinski definition) is 9. The van der Waals surface area contributed by atoms with E-state index in [-0.39, 0.29) is 36.2 Å². The van der Waals surface area contributed by atoms with E-state index in [4.69, 9.17) is 18.9 Å². The predicted molar refractivity (Wildman–Crippen MR) is 260 cm³/mol. The molecule has 1 aromatic rings. The number of phenolic OH excluding ortho intramolecular Hbond substituents is 1. The van der Waals surface area contributed by atoms with Crippen molar-refractivity contribution in [1.82, 2.24) is 4.90 Å². The molecule has 64 heavy (non-hydrogen) atoms. The zero-order valence-electron chi connectivity index (χ0n) is 41.3. The zero-order valence-corrected chi connectivity index (χ0v) is 41.3. The molecular formula is C55H95NO8. The first kappa shape index (κ1) is 54.4. The second-order valence-electron chi connectivity index (χ2n) is 20.3. The van der Waals surface area contributed by atoms with E-state index in [0.29, 0.717) is 69.2 Å². The number of rotatable bonds is 38. The molecule has 0 aromatic heterocycles. The van der Waals surface area contributed by atoms with Gasteiger partial charge in [-0.3, -0.25) is 9.59 Å². The van der Waals surface area contributed by atoms with Gasteiger partial charge < -0.3 is 34.1 Å². The van der Waals surface area contributed by atoms with Gasteiger partial charge in [-0.2, -0.15) is 0 Å². The maximum Gasteiger partial charge on any atom is 0.306 e. The van der Waals surface area contributed by atoms with Crippen molar-refractivity contribution < 1.29 is 38.7 Å². The smallest absolute Gasteiger partial charge is 0.306 e. The van der Waals surface area contributed by atoms with E-state index in [1.54, 1.807) is 0 Å². The van der Waals surface area contributed by atoms with Crippen molar-refractivity contribution in [2.45, 2.75) is 232 Å². The molecule has 3 aliphatic rings. The maximum absolute atomic E-state index is 13.2. The summed E-state index contributed by atoms with van der Waals surface area (Å²) in [6.45, 7) is 11.8. The lowest BCUT2D eigenvalue weighted by Crippen LogP contribution is -2.45. The summed E-state index contributed by atoms with van der Waals surface area (Å²) in [6.07, 6.45) is 32.2. The van der Waals surface area contributed by atoms with Gasteiger partial charge in [0.25, 0.3) is 0 Å². The van der Waals surface area contributed by atoms with E-state index in [1.165, 1.54) is 101 Å². The average Bonchev–Trinajstić information content (AvgIpc) is 3.62. The molecule has 0 bridgehead atoms. The number of aliphatic hydroxyl groups is 1. The molecule has 368 valence electrons. The molecule has 2 fully saturated rings. The van der Waals surface area contributed by atoms with E-state index in [1.807, 2.05) is 12.1 Å². The Hall–Kier alpha value is -2.20. The summed E-state index contributed by atoms with van der Waals surface area (Å²) < 4.78 is 24.3. The minimum Gasteiger partial charge on any atom is -0.508 e. The molecule has 2 saturated carbocycles. The Bertz CT molecular complexity index is 1370. The van der Waals surface area contributed by atoms with Crippen LogP contribution in [0.4, 0.5) is 0 Å². The normalized spacial score (nSPS) is 21.5. The van der Waals surface area contributed by atoms with Crippen molar-refractivity contribution in [2.24, 2.45) is 17.3 Å². The standard InChI is InChI=1S/C55H95NO8/c1-4-6-8-10-12-14-16-23-40-61-43-47(44-62-41-24-17-15-13-11-9-7-5-2)63-53(59)27-25-38-56(37-21-22-39-57)36-20-18-19-26-54(60)64-52-33-32-51-50-30-28-45-42-46(58)29-31-48(45)49(50)34-35-55(51,52)3/h29,31,42,47,49-52,57-58H,4-28,30,32-41,43-44H2,1-3H3. The van der Waals surface area contributed by atoms with Gasteiger partial charge in [-0.25, -0.2) is 0 Å². The van der Waals surface area contributed by atoms with Gasteiger partial charge in [0, 0.05) is 38.1 Å². The maximum atomic E-state index is 13.2. The number of fused-ring (bicyclic) bond motifs is 5. The SMILES string of the molecule is CCCCCCCCCCOCC(COCCCCCCCCCC)OC(=O)CCCN(CCCCO)CCCCCC(=O)OC1CCC2C3CCc4cc(O)ccc4C3CCC12C. The van der Waals surface area contributed by atoms with Gasteiger partial charge in [0.15, 0.2) is 0 Å². The Morgan fingerprint density at radius 1 is 0.688 bits per heavy atom. The molecule has 1 aromatic carbocycles. The van der Waals surface area contributed by atoms with Crippen LogP contribution in [0.5, 0.6) is 5.75 Å². The van der Waals surface area contributed by atoms with Crippen molar-refractivity contribution in [3.05, 3.63) is 29.3 Å². The molecule has 2 N–H and O–H groups in total. The third-order valence-electron chi connectivity index (χ3n) is 15.2. The Balaban J connectivity index is 1.12. The van der Waals surface area contributed by atoms with E-state index in [9.17, 15) is 19.8 Å². The van der Waals surface area contributed by atoms with E-state index in [2.05, 4.69) is 31.7 Å². The highest BCUT2D eigenvalue weighted by Crippen LogP contribution is 2.61. The lowest BCUT2D eigenvalue weighted by atomic mass is 9.55. The summed E-state index contributed by atoms with van der Waals surface area (Å²) in [5.74, 6) is 1.90. The van der Waals surface area contributed by atoms with Gasteiger partial charge in [0.05, 0.1) is 13.2 Å². The quantitative estimate of drug-likeness (QED) is 0.0494. The first-order chi connectivity index (χ1) is 31.3. The monoisotopic (exact) mass is 898 g/mol. The molecule has 0 radical (unpaired) electrons. The number of nitrogens with zero attached hydrogens (tertiary/aromatic N) is 1. The lowest BCUT2D eigenvalue weighted by molar-refractivity contribution is -0.158. The minimum atomic E-state index is -0.386. The number of hydrogen-bond donors (Lipinski definition) is 2. The number of carbonyl (C=O) groups excluding carboxylic acids is 2. The van der Waals surface area contributed by atoms with Crippen molar-refractivity contribution in [3.8, 4) is 5.75 Å². The van der Waals surface area contributed by atoms with Crippen molar-refractivity contribution in [3.63, 3.8) is 0 Å². The molecule has 0 heterocycles. The fourth-order valence-corrected chi connectivity index (χ4v) is 11.4. The minimum absolute atomic E-state index is 0.00985. The van der Waals surface area contributed by atoms with Crippen LogP contribution in [0, 0.1) is 17.3 Å². The molecule has 0 saturated heterocycles. The van der Waals surface area contributed by atoms with Gasteiger partial charge in [-0.1, -0.05) is 123 Å². The molecule has 0 aliphatic heterocycles. The number of carbonyl (C=O) groups is 2. The lowest BCUT2D eigenvalue weighted by Gasteiger charge is -2.50. The summed E-state index contributed by atoms with van der Waals surface area (Å²) in [5, 5.41) is 19.5. The van der Waals surface area contributed by atoms with Crippen LogP contribution in [0.3, 0.4) is 0 Å². The fourth-order valence-electron chi connectivity index (χ4n) is 11.4. The van der Waals surface area contributed by atoms with Crippen LogP contribution in [0.2, 0.25) is 0 Å². The van der Waals surface area contributed by atoms with E-state index < -0.39 is 0 Å². The van der Waals surface area contributed by atoms with Crippen molar-refractivity contribution >= 4 is 11.9 Å². The number of esters is 2. The van der Waals surface area contributed by atoms with Crippen LogP contribution in [0.15, 0.2) is 18.2 Å². The van der Waals surface area contributed by atoms with Crippen molar-refractivity contribution in [2.75, 3.05) is 52.7 Å². The zero-order chi connectivity index (χ0) is 45.7. The molecular weight excluding hydrogens is 803 g/mol. The first-order valence-corrected chi connectivity index (χ1v) is 27.0. The topological polar surface area (TPSA) is 115 Å². The van der Waals surface area contributed by atoms with Crippen LogP contribution < -0.4 is 0 Å². The number of benzene rings is 1. The fraction of sp³-hybridized carbons (Fsp3) is 0.855. The number of unbranched alkanes of at least 4 members (excludes halogenated alkanes) is 17. The molecule has 5 atom stereocenters. The average molecular weight is 898 g/mol. The number of ether oxygens (including phenoxy) is 4. The summed E-state index contributed by atoms with van der Waals surface area (Å²) in [6, 6.07) is 5.97. The molecule has 0 amide bonds. The third kappa shape index (κ3) is 20.0. The highest BCUT2D eigenvalue weighted by Gasteiger charge is 2.56. The molecule has 4 rings (SSSR count). The molecule has 0 spiro atoms. The summed E-state index contributed by atoms with van der Waals surface area (Å²) in [7, 11) is 0. The molecule has 9 nitrogen and oxygen atoms in total. The second-order valence-corrected chi connectivity index (χ2v) is 20.3. The van der Waals surface area contributed by atoms with Gasteiger partial charge >= 0.3 is 11.9 Å². The summed E-state index contributed by atoms with van der Waals surface area (Å²) in [5.41, 5.74) is 2.80. The predicted octanol–water partition coefficient (Wildman–Crippen LogP) is 12.8. The third-order valence-corrected chi connectivity index (χ3v) is 15.2. The van der Waals surface area contributed by atoms with E-state index >= 15 is 0 Å². The van der Waals surface area contributed by atoms with Gasteiger partial charge in [0.2, 0.25) is 0 Å². The Labute approximate surface area is 390 Å². The van der Waals surface area contributed by atoms with Crippen LogP contribution in [0.25, 0.3) is 0 Å². The molecule has 9 heteroatoms. The van der Waals surface area contributed by atoms with Crippen LogP contribution >= 0.6 is 0 Å². The second kappa shape index (κ2) is 32.5. The summed E-state index contributed by atoms with van der Waals surface area (Å²) in [4.78, 5) is 28.7. The van der Waals surface area contributed by atoms with Crippen LogP contribution in [0.1, 0.15) is 224 Å². The number of phenols is 1. The number of aryl methyl sites for hydroxylation is 1. The molecule has 3 aliphatic carbocycles. The van der Waals surface area contributed by atoms with Gasteiger partial charge in [-0.05, 0) is 144 Å². The van der Waals surface area contributed by atoms with Crippen LogP contribution in [-0.4, -0.2) is 91.9 Å². The first-order valence-electron chi connectivity index (χ1n) is 27.0. The Morgan fingerprint density at radius 2 is 1.27 bits per heavy atom.